The number of ether oxygens (including phenoxy) is 1. The molecule has 1 aromatic heterocycles. The van der Waals surface area contributed by atoms with Crippen molar-refractivity contribution in [3.63, 3.8) is 0 Å². The molecular formula is C13H20N3O6P. The summed E-state index contributed by atoms with van der Waals surface area (Å²) in [6, 6.07) is 1.47. The van der Waals surface area contributed by atoms with Gasteiger partial charge in [-0.2, -0.15) is 4.98 Å². The molecule has 2 bridgehead atoms. The third-order valence-electron chi connectivity index (χ3n) is 3.87. The lowest BCUT2D eigenvalue weighted by molar-refractivity contribution is -0.0494. The van der Waals surface area contributed by atoms with Gasteiger partial charge in [-0.15, -0.1) is 0 Å². The van der Waals surface area contributed by atoms with E-state index in [9.17, 15) is 14.5 Å². The number of nitrogen functional groups attached to an aromatic ring is 1. The minimum atomic E-state index is -3.38. The van der Waals surface area contributed by atoms with Crippen molar-refractivity contribution in [2.75, 3.05) is 18.5 Å². The highest BCUT2D eigenvalue weighted by Crippen LogP contribution is 2.57. The van der Waals surface area contributed by atoms with Gasteiger partial charge < -0.3 is 24.6 Å². The second kappa shape index (κ2) is 5.99. The first-order valence-corrected chi connectivity index (χ1v) is 9.12. The average molecular weight is 345 g/mol. The van der Waals surface area contributed by atoms with Crippen LogP contribution < -0.4 is 11.4 Å². The van der Waals surface area contributed by atoms with Crippen molar-refractivity contribution >= 4 is 13.4 Å². The Hall–Kier alpha value is -1.25. The molecule has 0 aromatic carbocycles. The smallest absolute Gasteiger partial charge is 0.351 e. The van der Waals surface area contributed by atoms with Crippen LogP contribution in [0.4, 0.5) is 5.82 Å². The van der Waals surface area contributed by atoms with E-state index >= 15 is 0 Å². The highest BCUT2D eigenvalue weighted by molar-refractivity contribution is 7.53. The van der Waals surface area contributed by atoms with E-state index in [4.69, 9.17) is 19.5 Å². The molecule has 2 saturated heterocycles. The van der Waals surface area contributed by atoms with Crippen molar-refractivity contribution in [3.05, 3.63) is 22.7 Å². The summed E-state index contributed by atoms with van der Waals surface area (Å²) in [5.41, 5.74) is 4.90. The average Bonchev–Trinajstić information content (AvgIpc) is 2.66. The molecule has 10 heteroatoms. The molecule has 5 atom stereocenters. The van der Waals surface area contributed by atoms with Crippen LogP contribution in [0.1, 0.15) is 20.1 Å². The Morgan fingerprint density at radius 1 is 1.57 bits per heavy atom. The highest BCUT2D eigenvalue weighted by atomic mass is 31.2. The molecule has 2 fully saturated rings. The van der Waals surface area contributed by atoms with Crippen molar-refractivity contribution in [2.24, 2.45) is 5.92 Å². The van der Waals surface area contributed by atoms with Gasteiger partial charge in [0.05, 0.1) is 25.0 Å². The second-order valence-corrected chi connectivity index (χ2v) is 8.06. The number of nitrogens with zero attached hydrogens (tertiary/aromatic N) is 2. The fourth-order valence-electron chi connectivity index (χ4n) is 2.92. The quantitative estimate of drug-likeness (QED) is 0.752. The van der Waals surface area contributed by atoms with Crippen LogP contribution in [0, 0.1) is 5.92 Å². The van der Waals surface area contributed by atoms with Crippen molar-refractivity contribution in [3.8, 4) is 0 Å². The monoisotopic (exact) mass is 345 g/mol. The predicted molar refractivity (Wildman–Crippen MR) is 81.0 cm³/mol. The Kier molecular flexibility index (Phi) is 4.33. The van der Waals surface area contributed by atoms with Crippen LogP contribution in [0.15, 0.2) is 17.1 Å². The van der Waals surface area contributed by atoms with Crippen LogP contribution in [-0.4, -0.2) is 45.7 Å². The molecule has 128 valence electrons. The number of rotatable bonds is 3. The molecule has 2 aliphatic rings. The number of hydrogen-bond acceptors (Lipinski definition) is 8. The second-order valence-electron chi connectivity index (χ2n) is 6.01. The van der Waals surface area contributed by atoms with Gasteiger partial charge in [0.2, 0.25) is 0 Å². The SMILES string of the molecule is CC(C)OP1(=O)CC2C(O)C(CO1)OC2n1ccc(N)nc1=O. The van der Waals surface area contributed by atoms with Crippen molar-refractivity contribution in [1.82, 2.24) is 9.55 Å². The summed E-state index contributed by atoms with van der Waals surface area (Å²) in [5.74, 6) is -0.502. The van der Waals surface area contributed by atoms with Crippen molar-refractivity contribution < 1.29 is 23.5 Å². The van der Waals surface area contributed by atoms with E-state index in [0.717, 1.165) is 0 Å². The van der Waals surface area contributed by atoms with Gasteiger partial charge in [-0.05, 0) is 19.9 Å². The summed E-state index contributed by atoms with van der Waals surface area (Å²) in [7, 11) is -3.38. The summed E-state index contributed by atoms with van der Waals surface area (Å²) in [4.78, 5) is 15.7. The molecule has 5 unspecified atom stereocenters. The van der Waals surface area contributed by atoms with E-state index in [0.29, 0.717) is 0 Å². The van der Waals surface area contributed by atoms with E-state index < -0.39 is 37.6 Å². The van der Waals surface area contributed by atoms with Gasteiger partial charge in [0.15, 0.2) is 0 Å². The fourth-order valence-corrected chi connectivity index (χ4v) is 5.11. The molecule has 9 nitrogen and oxygen atoms in total. The summed E-state index contributed by atoms with van der Waals surface area (Å²) in [6.07, 6.45) is -1.24. The molecule has 0 spiro atoms. The summed E-state index contributed by atoms with van der Waals surface area (Å²) in [6.45, 7) is 3.45. The lowest BCUT2D eigenvalue weighted by Gasteiger charge is -2.27. The van der Waals surface area contributed by atoms with E-state index in [2.05, 4.69) is 4.98 Å². The third-order valence-corrected chi connectivity index (χ3v) is 6.02. The van der Waals surface area contributed by atoms with Crippen LogP contribution in [0.25, 0.3) is 0 Å². The van der Waals surface area contributed by atoms with Gasteiger partial charge in [0.1, 0.15) is 18.1 Å². The number of aliphatic hydroxyl groups excluding tert-OH is 1. The third kappa shape index (κ3) is 3.20. The Balaban J connectivity index is 1.93. The zero-order valence-electron chi connectivity index (χ0n) is 12.9. The van der Waals surface area contributed by atoms with E-state index in [1.165, 1.54) is 16.8 Å². The Morgan fingerprint density at radius 2 is 2.30 bits per heavy atom. The van der Waals surface area contributed by atoms with Crippen LogP contribution in [0.2, 0.25) is 0 Å². The van der Waals surface area contributed by atoms with E-state index in [-0.39, 0.29) is 24.7 Å². The lowest BCUT2D eigenvalue weighted by atomic mass is 10.0. The Bertz CT molecular complexity index is 693. The zero-order chi connectivity index (χ0) is 16.8. The van der Waals surface area contributed by atoms with Gasteiger partial charge in [-0.1, -0.05) is 0 Å². The fraction of sp³-hybridized carbons (Fsp3) is 0.692. The molecule has 0 saturated carbocycles. The van der Waals surface area contributed by atoms with Crippen LogP contribution in [0.3, 0.4) is 0 Å². The maximum Gasteiger partial charge on any atom is 0.351 e. The molecule has 0 radical (unpaired) electrons. The van der Waals surface area contributed by atoms with Crippen LogP contribution >= 0.6 is 7.60 Å². The summed E-state index contributed by atoms with van der Waals surface area (Å²) >= 11 is 0. The molecule has 2 aliphatic heterocycles. The van der Waals surface area contributed by atoms with Crippen molar-refractivity contribution in [1.29, 1.82) is 0 Å². The molecule has 3 heterocycles. The Morgan fingerprint density at radius 3 is 2.96 bits per heavy atom. The number of nitrogens with two attached hydrogens (primary N) is 1. The first kappa shape index (κ1) is 16.6. The molecule has 0 amide bonds. The number of aliphatic hydroxyl groups is 1. The molecule has 3 N–H and O–H groups in total. The van der Waals surface area contributed by atoms with E-state index in [1.807, 2.05) is 0 Å². The topological polar surface area (TPSA) is 126 Å². The number of anilines is 1. The summed E-state index contributed by atoms with van der Waals surface area (Å²) in [5, 5.41) is 10.4. The Labute approximate surface area is 132 Å². The minimum absolute atomic E-state index is 0.0374. The first-order valence-electron chi connectivity index (χ1n) is 7.39. The van der Waals surface area contributed by atoms with Gasteiger partial charge in [0.25, 0.3) is 0 Å². The van der Waals surface area contributed by atoms with Crippen LogP contribution in [0.5, 0.6) is 0 Å². The molecular weight excluding hydrogens is 325 g/mol. The standard InChI is InChI=1S/C13H20N3O6P/c1-7(2)22-23(19)6-8-11(17)9(5-20-23)21-12(8)16-4-3-10(14)15-13(16)18/h3-4,7-9,11-12,17H,5-6H2,1-2H3,(H2,14,15,18). The first-order chi connectivity index (χ1) is 10.8. The van der Waals surface area contributed by atoms with Crippen molar-refractivity contribution in [2.45, 2.75) is 38.4 Å². The molecule has 3 rings (SSSR count). The number of aromatic nitrogens is 2. The predicted octanol–water partition coefficient (Wildman–Crippen LogP) is 0.348. The van der Waals surface area contributed by atoms with Gasteiger partial charge in [0, 0.05) is 12.1 Å². The van der Waals surface area contributed by atoms with E-state index in [1.54, 1.807) is 13.8 Å². The molecule has 23 heavy (non-hydrogen) atoms. The van der Waals surface area contributed by atoms with Crippen LogP contribution in [-0.2, 0) is 18.3 Å². The largest absolute Gasteiger partial charge is 0.390 e. The molecule has 1 aromatic rings. The molecule has 0 aliphatic carbocycles. The maximum absolute atomic E-state index is 12.8. The summed E-state index contributed by atoms with van der Waals surface area (Å²) < 4.78 is 30.5. The van der Waals surface area contributed by atoms with Gasteiger partial charge in [-0.25, -0.2) is 4.79 Å². The number of fused-ring (bicyclic) bond motifs is 2. The number of hydrogen-bond donors (Lipinski definition) is 2. The maximum atomic E-state index is 12.8. The normalized spacial score (nSPS) is 37.0. The van der Waals surface area contributed by atoms with Gasteiger partial charge in [-0.3, -0.25) is 9.13 Å². The lowest BCUT2D eigenvalue weighted by Crippen LogP contribution is -2.33. The minimum Gasteiger partial charge on any atom is -0.390 e. The van der Waals surface area contributed by atoms with Gasteiger partial charge >= 0.3 is 13.3 Å². The zero-order valence-corrected chi connectivity index (χ0v) is 13.8. The highest BCUT2D eigenvalue weighted by Gasteiger charge is 2.52.